The average molecular weight is 130 g/mol. The molecule has 52 valence electrons. The van der Waals surface area contributed by atoms with Crippen molar-refractivity contribution in [2.45, 2.75) is 13.8 Å². The molecule has 0 saturated heterocycles. The second-order valence-electron chi connectivity index (χ2n) is 1.54. The Morgan fingerprint density at radius 1 is 1.78 bits per heavy atom. The molecule has 0 unspecified atom stereocenters. The SMILES string of the molecule is CCOC(=O)C=C(C)O. The second kappa shape index (κ2) is 3.95. The molecule has 0 aliphatic heterocycles. The predicted molar refractivity (Wildman–Crippen MR) is 33.0 cm³/mol. The normalized spacial score (nSPS) is 11.1. The van der Waals surface area contributed by atoms with E-state index >= 15 is 0 Å². The maximum absolute atomic E-state index is 10.4. The first-order chi connectivity index (χ1) is 4.16. The number of aliphatic hydroxyl groups excluding tert-OH is 1. The van der Waals surface area contributed by atoms with E-state index in [4.69, 9.17) is 5.11 Å². The molecule has 0 radical (unpaired) electrons. The highest BCUT2D eigenvalue weighted by atomic mass is 16.5. The quantitative estimate of drug-likeness (QED) is 0.344. The summed E-state index contributed by atoms with van der Waals surface area (Å²) in [5.74, 6) is -0.536. The highest BCUT2D eigenvalue weighted by Crippen LogP contribution is 1.86. The van der Waals surface area contributed by atoms with Gasteiger partial charge in [0.2, 0.25) is 0 Å². The summed E-state index contributed by atoms with van der Waals surface area (Å²) in [7, 11) is 0. The number of carbonyl (C=O) groups excluding carboxylic acids is 1. The Balaban J connectivity index is 3.63. The number of rotatable bonds is 2. The third-order valence-corrected chi connectivity index (χ3v) is 0.613. The lowest BCUT2D eigenvalue weighted by atomic mass is 10.5. The zero-order valence-corrected chi connectivity index (χ0v) is 5.55. The van der Waals surface area contributed by atoms with Crippen LogP contribution in [0.3, 0.4) is 0 Å². The first kappa shape index (κ1) is 8.01. The van der Waals surface area contributed by atoms with E-state index in [2.05, 4.69) is 4.74 Å². The molecule has 0 amide bonds. The Morgan fingerprint density at radius 2 is 2.33 bits per heavy atom. The van der Waals surface area contributed by atoms with Gasteiger partial charge < -0.3 is 9.84 Å². The molecule has 0 rings (SSSR count). The minimum atomic E-state index is -0.502. The molecule has 0 spiro atoms. The zero-order chi connectivity index (χ0) is 7.28. The fraction of sp³-hybridized carbons (Fsp3) is 0.500. The van der Waals surface area contributed by atoms with Crippen LogP contribution in [-0.4, -0.2) is 17.7 Å². The molecule has 0 bridgehead atoms. The molecule has 0 aliphatic rings. The van der Waals surface area contributed by atoms with Crippen LogP contribution < -0.4 is 0 Å². The van der Waals surface area contributed by atoms with E-state index in [-0.39, 0.29) is 5.76 Å². The van der Waals surface area contributed by atoms with Crippen LogP contribution in [0.4, 0.5) is 0 Å². The van der Waals surface area contributed by atoms with E-state index in [1.807, 2.05) is 0 Å². The van der Waals surface area contributed by atoms with Gasteiger partial charge in [-0.05, 0) is 13.8 Å². The van der Waals surface area contributed by atoms with Crippen molar-refractivity contribution in [3.63, 3.8) is 0 Å². The summed E-state index contributed by atoms with van der Waals surface area (Å²) >= 11 is 0. The number of aliphatic hydroxyl groups is 1. The van der Waals surface area contributed by atoms with Crippen molar-refractivity contribution in [2.75, 3.05) is 6.61 Å². The van der Waals surface area contributed by atoms with Crippen LogP contribution in [0.15, 0.2) is 11.8 Å². The zero-order valence-electron chi connectivity index (χ0n) is 5.55. The summed E-state index contributed by atoms with van der Waals surface area (Å²) in [6, 6.07) is 0. The molecule has 0 aliphatic carbocycles. The van der Waals surface area contributed by atoms with Crippen LogP contribution in [0, 0.1) is 0 Å². The van der Waals surface area contributed by atoms with E-state index in [0.717, 1.165) is 6.08 Å². The van der Waals surface area contributed by atoms with Crippen molar-refractivity contribution in [2.24, 2.45) is 0 Å². The van der Waals surface area contributed by atoms with Crippen molar-refractivity contribution < 1.29 is 14.6 Å². The summed E-state index contributed by atoms with van der Waals surface area (Å²) in [6.07, 6.45) is 1.03. The van der Waals surface area contributed by atoms with Gasteiger partial charge in [0.1, 0.15) is 0 Å². The standard InChI is InChI=1S/C6H10O3/c1-3-9-6(8)4-5(2)7/h4,7H,3H2,1-2H3. The lowest BCUT2D eigenvalue weighted by Gasteiger charge is -1.93. The number of esters is 1. The predicted octanol–water partition coefficient (Wildman–Crippen LogP) is 1.01. The maximum Gasteiger partial charge on any atom is 0.334 e. The highest BCUT2D eigenvalue weighted by Gasteiger charge is 1.93. The Hall–Kier alpha value is -0.990. The fourth-order valence-corrected chi connectivity index (χ4v) is 0.354. The minimum Gasteiger partial charge on any atom is -0.512 e. The Bertz CT molecular complexity index is 122. The molecule has 3 nitrogen and oxygen atoms in total. The van der Waals surface area contributed by atoms with Crippen LogP contribution in [0.5, 0.6) is 0 Å². The van der Waals surface area contributed by atoms with Gasteiger partial charge in [-0.1, -0.05) is 0 Å². The molecule has 0 aromatic heterocycles. The van der Waals surface area contributed by atoms with E-state index in [1.165, 1.54) is 6.92 Å². The third kappa shape index (κ3) is 4.87. The largest absolute Gasteiger partial charge is 0.512 e. The van der Waals surface area contributed by atoms with E-state index in [0.29, 0.717) is 6.61 Å². The van der Waals surface area contributed by atoms with Crippen molar-refractivity contribution in [1.29, 1.82) is 0 Å². The lowest BCUT2D eigenvalue weighted by molar-refractivity contribution is -0.137. The van der Waals surface area contributed by atoms with Gasteiger partial charge in [-0.3, -0.25) is 0 Å². The molecule has 0 aromatic rings. The first-order valence-corrected chi connectivity index (χ1v) is 2.70. The Morgan fingerprint density at radius 3 is 2.67 bits per heavy atom. The molecular weight excluding hydrogens is 120 g/mol. The summed E-state index contributed by atoms with van der Waals surface area (Å²) in [6.45, 7) is 3.46. The van der Waals surface area contributed by atoms with Gasteiger partial charge in [0.05, 0.1) is 18.4 Å². The summed E-state index contributed by atoms with van der Waals surface area (Å²) < 4.78 is 4.48. The highest BCUT2D eigenvalue weighted by molar-refractivity contribution is 5.82. The number of hydrogen-bond donors (Lipinski definition) is 1. The van der Waals surface area contributed by atoms with Gasteiger partial charge in [0.15, 0.2) is 0 Å². The number of ether oxygens (including phenoxy) is 1. The van der Waals surface area contributed by atoms with E-state index < -0.39 is 5.97 Å². The van der Waals surface area contributed by atoms with Gasteiger partial charge in [-0.2, -0.15) is 0 Å². The minimum absolute atomic E-state index is 0.0338. The monoisotopic (exact) mass is 130 g/mol. The van der Waals surface area contributed by atoms with Gasteiger partial charge >= 0.3 is 5.97 Å². The maximum atomic E-state index is 10.4. The van der Waals surface area contributed by atoms with Gasteiger partial charge in [0, 0.05) is 0 Å². The van der Waals surface area contributed by atoms with Crippen LogP contribution in [0.2, 0.25) is 0 Å². The van der Waals surface area contributed by atoms with E-state index in [1.54, 1.807) is 6.92 Å². The molecule has 1 N–H and O–H groups in total. The number of allylic oxidation sites excluding steroid dienone is 1. The summed E-state index contributed by atoms with van der Waals surface area (Å²) in [4.78, 5) is 10.4. The van der Waals surface area contributed by atoms with Gasteiger partial charge in [-0.15, -0.1) is 0 Å². The molecule has 0 saturated carbocycles. The van der Waals surface area contributed by atoms with E-state index in [9.17, 15) is 4.79 Å². The van der Waals surface area contributed by atoms with Crippen LogP contribution in [0.1, 0.15) is 13.8 Å². The average Bonchev–Trinajstić information content (AvgIpc) is 1.63. The molecule has 0 aromatic carbocycles. The molecule has 0 atom stereocenters. The molecule has 3 heteroatoms. The van der Waals surface area contributed by atoms with Crippen LogP contribution in [-0.2, 0) is 9.53 Å². The lowest BCUT2D eigenvalue weighted by Crippen LogP contribution is -1.99. The van der Waals surface area contributed by atoms with Gasteiger partial charge in [-0.25, -0.2) is 4.79 Å². The molecule has 0 heterocycles. The first-order valence-electron chi connectivity index (χ1n) is 2.70. The van der Waals surface area contributed by atoms with Crippen molar-refractivity contribution in [3.05, 3.63) is 11.8 Å². The second-order valence-corrected chi connectivity index (χ2v) is 1.54. The molecule has 0 fully saturated rings. The smallest absolute Gasteiger partial charge is 0.334 e. The Labute approximate surface area is 53.9 Å². The van der Waals surface area contributed by atoms with Crippen LogP contribution >= 0.6 is 0 Å². The van der Waals surface area contributed by atoms with Crippen molar-refractivity contribution >= 4 is 5.97 Å². The molecule has 9 heavy (non-hydrogen) atoms. The topological polar surface area (TPSA) is 46.5 Å². The summed E-state index contributed by atoms with van der Waals surface area (Å²) in [5, 5.41) is 8.51. The summed E-state index contributed by atoms with van der Waals surface area (Å²) in [5.41, 5.74) is 0. The number of carbonyl (C=O) groups is 1. The third-order valence-electron chi connectivity index (χ3n) is 0.613. The van der Waals surface area contributed by atoms with Crippen molar-refractivity contribution in [3.8, 4) is 0 Å². The number of hydrogen-bond acceptors (Lipinski definition) is 3. The fourth-order valence-electron chi connectivity index (χ4n) is 0.354. The van der Waals surface area contributed by atoms with Crippen molar-refractivity contribution in [1.82, 2.24) is 0 Å². The Kier molecular flexibility index (Phi) is 3.51. The van der Waals surface area contributed by atoms with Gasteiger partial charge in [0.25, 0.3) is 0 Å². The van der Waals surface area contributed by atoms with Crippen LogP contribution in [0.25, 0.3) is 0 Å². The molecular formula is C6H10O3.